The Morgan fingerprint density at radius 2 is 1.65 bits per heavy atom. The fourth-order valence-electron chi connectivity index (χ4n) is 3.50. The highest BCUT2D eigenvalue weighted by Gasteiger charge is 2.33. The van der Waals surface area contributed by atoms with Gasteiger partial charge in [-0.25, -0.2) is 0 Å². The van der Waals surface area contributed by atoms with Gasteiger partial charge >= 0.3 is 0 Å². The number of hydrogen-bond acceptors (Lipinski definition) is 6. The van der Waals surface area contributed by atoms with E-state index in [1.165, 1.54) is 14.2 Å². The second-order valence-electron chi connectivity index (χ2n) is 6.24. The largest absolute Gasteiger partial charge is 0.497 e. The van der Waals surface area contributed by atoms with Gasteiger partial charge in [-0.2, -0.15) is 0 Å². The van der Waals surface area contributed by atoms with Gasteiger partial charge < -0.3 is 19.1 Å². The van der Waals surface area contributed by atoms with Crippen molar-refractivity contribution >= 4 is 17.3 Å². The molecule has 6 nitrogen and oxygen atoms in total. The Morgan fingerprint density at radius 1 is 0.885 bits per heavy atom. The van der Waals surface area contributed by atoms with Gasteiger partial charge in [0.25, 0.3) is 0 Å². The minimum Gasteiger partial charge on any atom is -0.497 e. The predicted molar refractivity (Wildman–Crippen MR) is 95.9 cm³/mol. The summed E-state index contributed by atoms with van der Waals surface area (Å²) in [5.41, 5.74) is 2.36. The van der Waals surface area contributed by atoms with E-state index in [9.17, 15) is 9.59 Å². The second-order valence-corrected chi connectivity index (χ2v) is 6.24. The number of carbonyl (C=O) groups excluding carboxylic acids is 2. The molecule has 2 aromatic rings. The first-order chi connectivity index (χ1) is 12.6. The van der Waals surface area contributed by atoms with Crippen LogP contribution in [0.1, 0.15) is 31.8 Å². The van der Waals surface area contributed by atoms with Crippen LogP contribution in [0.5, 0.6) is 11.5 Å². The maximum atomic E-state index is 13.1. The molecule has 134 valence electrons. The Labute approximate surface area is 151 Å². The Balaban J connectivity index is 1.83. The van der Waals surface area contributed by atoms with Gasteiger partial charge in [0.05, 0.1) is 33.0 Å². The van der Waals surface area contributed by atoms with Gasteiger partial charge in [0, 0.05) is 41.5 Å². The minimum atomic E-state index is -0.206. The van der Waals surface area contributed by atoms with E-state index in [2.05, 4.69) is 4.90 Å². The molecule has 0 bridgehead atoms. The second kappa shape index (κ2) is 6.46. The molecule has 1 fully saturated rings. The summed E-state index contributed by atoms with van der Waals surface area (Å²) in [6.07, 6.45) is 0. The Bertz CT molecular complexity index is 899. The first kappa shape index (κ1) is 16.6. The van der Waals surface area contributed by atoms with E-state index >= 15 is 0 Å². The fraction of sp³-hybridized carbons (Fsp3) is 0.300. The van der Waals surface area contributed by atoms with E-state index in [1.54, 1.807) is 24.3 Å². The van der Waals surface area contributed by atoms with Gasteiger partial charge in [0.2, 0.25) is 0 Å². The van der Waals surface area contributed by atoms with Crippen LogP contribution in [0.25, 0.3) is 0 Å². The molecule has 0 saturated carbocycles. The number of ketones is 2. The number of hydrogen-bond donors (Lipinski definition) is 0. The standard InChI is InChI=1S/C20H19NO5/c1-24-13-10-16-18(17(11-13)25-2)20(23)14-4-3-12(9-15(14)19(16)22)21-5-7-26-8-6-21/h3-4,9-11H,5-8H2,1-2H3. The number of benzene rings is 2. The third-order valence-electron chi connectivity index (χ3n) is 4.87. The predicted octanol–water partition coefficient (Wildman–Crippen LogP) is 2.32. The zero-order valence-corrected chi connectivity index (χ0v) is 14.7. The molecular weight excluding hydrogens is 334 g/mol. The van der Waals surface area contributed by atoms with E-state index in [-0.39, 0.29) is 11.6 Å². The van der Waals surface area contributed by atoms with E-state index in [0.717, 1.165) is 18.8 Å². The molecule has 1 saturated heterocycles. The molecule has 1 aliphatic heterocycles. The first-order valence-electron chi connectivity index (χ1n) is 8.46. The lowest BCUT2D eigenvalue weighted by atomic mass is 9.83. The Kier molecular flexibility index (Phi) is 4.12. The lowest BCUT2D eigenvalue weighted by Gasteiger charge is -2.30. The van der Waals surface area contributed by atoms with Crippen molar-refractivity contribution < 1.29 is 23.8 Å². The number of carbonyl (C=O) groups is 2. The molecule has 0 atom stereocenters. The monoisotopic (exact) mass is 353 g/mol. The van der Waals surface area contributed by atoms with Crippen LogP contribution in [0.3, 0.4) is 0 Å². The SMILES string of the molecule is COc1cc(OC)c2c(c1)C(=O)c1cc(N3CCOCC3)ccc1C2=O. The summed E-state index contributed by atoms with van der Waals surface area (Å²) in [5, 5.41) is 0. The minimum absolute atomic E-state index is 0.193. The number of fused-ring (bicyclic) bond motifs is 2. The highest BCUT2D eigenvalue weighted by atomic mass is 16.5. The summed E-state index contributed by atoms with van der Waals surface area (Å²) in [5.74, 6) is 0.430. The van der Waals surface area contributed by atoms with Crippen LogP contribution >= 0.6 is 0 Å². The van der Waals surface area contributed by atoms with Gasteiger partial charge in [0.15, 0.2) is 11.6 Å². The number of ether oxygens (including phenoxy) is 3. The van der Waals surface area contributed by atoms with Crippen molar-refractivity contribution in [3.8, 4) is 11.5 Å². The lowest BCUT2D eigenvalue weighted by molar-refractivity contribution is 0.0976. The number of nitrogens with zero attached hydrogens (tertiary/aromatic N) is 1. The number of anilines is 1. The lowest BCUT2D eigenvalue weighted by Crippen LogP contribution is -2.36. The summed E-state index contributed by atoms with van der Waals surface area (Å²) in [6, 6.07) is 8.64. The molecule has 0 aromatic heterocycles. The van der Waals surface area contributed by atoms with E-state index in [0.29, 0.717) is 47.0 Å². The van der Waals surface area contributed by atoms with Crippen molar-refractivity contribution in [2.75, 3.05) is 45.4 Å². The van der Waals surface area contributed by atoms with E-state index in [4.69, 9.17) is 14.2 Å². The smallest absolute Gasteiger partial charge is 0.198 e. The molecule has 0 radical (unpaired) electrons. The maximum Gasteiger partial charge on any atom is 0.198 e. The average molecular weight is 353 g/mol. The van der Waals surface area contributed by atoms with Crippen LogP contribution in [0.4, 0.5) is 5.69 Å². The number of rotatable bonds is 3. The van der Waals surface area contributed by atoms with Gasteiger partial charge in [-0.05, 0) is 24.3 Å². The van der Waals surface area contributed by atoms with Crippen LogP contribution in [0.2, 0.25) is 0 Å². The molecular formula is C20H19NO5. The summed E-state index contributed by atoms with van der Waals surface area (Å²) >= 11 is 0. The summed E-state index contributed by atoms with van der Waals surface area (Å²) in [4.78, 5) is 28.3. The van der Waals surface area contributed by atoms with Crippen molar-refractivity contribution in [2.45, 2.75) is 0 Å². The molecule has 2 aromatic carbocycles. The van der Waals surface area contributed by atoms with Crippen LogP contribution in [-0.2, 0) is 4.74 Å². The molecule has 4 rings (SSSR count). The molecule has 1 heterocycles. The third-order valence-corrected chi connectivity index (χ3v) is 4.87. The maximum absolute atomic E-state index is 13.1. The highest BCUT2D eigenvalue weighted by molar-refractivity contribution is 6.29. The zero-order chi connectivity index (χ0) is 18.3. The molecule has 0 spiro atoms. The van der Waals surface area contributed by atoms with Crippen LogP contribution in [0, 0.1) is 0 Å². The van der Waals surface area contributed by atoms with Crippen LogP contribution in [-0.4, -0.2) is 52.1 Å². The number of methoxy groups -OCH3 is 2. The van der Waals surface area contributed by atoms with Gasteiger partial charge in [-0.1, -0.05) is 0 Å². The van der Waals surface area contributed by atoms with Crippen molar-refractivity contribution in [2.24, 2.45) is 0 Å². The van der Waals surface area contributed by atoms with Gasteiger partial charge in [-0.15, -0.1) is 0 Å². The normalized spacial score (nSPS) is 16.2. The zero-order valence-electron chi connectivity index (χ0n) is 14.7. The highest BCUT2D eigenvalue weighted by Crippen LogP contribution is 2.37. The summed E-state index contributed by atoms with van der Waals surface area (Å²) < 4.78 is 16.0. The topological polar surface area (TPSA) is 65.1 Å². The van der Waals surface area contributed by atoms with Crippen molar-refractivity contribution in [3.05, 3.63) is 52.6 Å². The van der Waals surface area contributed by atoms with Crippen LogP contribution < -0.4 is 14.4 Å². The molecule has 1 aliphatic carbocycles. The molecule has 0 N–H and O–H groups in total. The first-order valence-corrected chi connectivity index (χ1v) is 8.46. The van der Waals surface area contributed by atoms with Crippen molar-refractivity contribution in [1.82, 2.24) is 0 Å². The van der Waals surface area contributed by atoms with Gasteiger partial charge in [0.1, 0.15) is 11.5 Å². The Hall–Kier alpha value is -2.86. The Morgan fingerprint density at radius 3 is 2.35 bits per heavy atom. The summed E-state index contributed by atoms with van der Waals surface area (Å²) in [7, 11) is 2.99. The molecule has 0 amide bonds. The third kappa shape index (κ3) is 2.54. The average Bonchev–Trinajstić information content (AvgIpc) is 2.71. The molecule has 0 unspecified atom stereocenters. The molecule has 2 aliphatic rings. The van der Waals surface area contributed by atoms with Crippen LogP contribution in [0.15, 0.2) is 30.3 Å². The van der Waals surface area contributed by atoms with Crippen molar-refractivity contribution in [3.63, 3.8) is 0 Å². The van der Waals surface area contributed by atoms with Gasteiger partial charge in [-0.3, -0.25) is 9.59 Å². The van der Waals surface area contributed by atoms with E-state index in [1.807, 2.05) is 6.07 Å². The summed E-state index contributed by atoms with van der Waals surface area (Å²) in [6.45, 7) is 2.83. The van der Waals surface area contributed by atoms with Crippen molar-refractivity contribution in [1.29, 1.82) is 0 Å². The molecule has 26 heavy (non-hydrogen) atoms. The molecule has 6 heteroatoms. The van der Waals surface area contributed by atoms with E-state index < -0.39 is 0 Å². The number of morpholine rings is 1. The quantitative estimate of drug-likeness (QED) is 0.720. The fourth-order valence-corrected chi connectivity index (χ4v) is 3.50.